The molecule has 0 unspecified atom stereocenters. The second-order valence-corrected chi connectivity index (χ2v) is 4.07. The van der Waals surface area contributed by atoms with Gasteiger partial charge in [0, 0.05) is 30.4 Å². The summed E-state index contributed by atoms with van der Waals surface area (Å²) in [6.07, 6.45) is 1.39. The van der Waals surface area contributed by atoms with Gasteiger partial charge in [-0.15, -0.1) is 0 Å². The third-order valence-electron chi connectivity index (χ3n) is 2.66. The molecule has 0 spiro atoms. The van der Waals surface area contributed by atoms with Crippen molar-refractivity contribution in [2.24, 2.45) is 0 Å². The molecule has 0 saturated heterocycles. The monoisotopic (exact) mass is 280 g/mol. The minimum Gasteiger partial charge on any atom is -0.350 e. The second kappa shape index (κ2) is 6.18. The van der Waals surface area contributed by atoms with E-state index in [1.54, 1.807) is 12.1 Å². The molecule has 2 aromatic rings. The summed E-state index contributed by atoms with van der Waals surface area (Å²) in [5.41, 5.74) is -0.0414. The average molecular weight is 280 g/mol. The number of hydrogen-bond acceptors (Lipinski definition) is 2. The second-order valence-electron chi connectivity index (χ2n) is 4.07. The molecular weight excluding hydrogens is 269 g/mol. The lowest BCUT2D eigenvalue weighted by Gasteiger charge is -2.07. The van der Waals surface area contributed by atoms with E-state index in [2.05, 4.69) is 10.3 Å². The van der Waals surface area contributed by atoms with Crippen LogP contribution < -0.4 is 5.32 Å². The predicted molar refractivity (Wildman–Crippen MR) is 66.6 cm³/mol. The highest BCUT2D eigenvalue weighted by molar-refractivity contribution is 5.92. The Labute approximate surface area is 113 Å². The molecule has 6 heteroatoms. The molecule has 0 radical (unpaired) electrons. The van der Waals surface area contributed by atoms with Crippen LogP contribution in [0.25, 0.3) is 0 Å². The van der Waals surface area contributed by atoms with Crippen LogP contribution in [0.4, 0.5) is 13.2 Å². The van der Waals surface area contributed by atoms with Gasteiger partial charge in [0.15, 0.2) is 0 Å². The number of benzene rings is 1. The van der Waals surface area contributed by atoms with Crippen LogP contribution in [-0.4, -0.2) is 17.4 Å². The summed E-state index contributed by atoms with van der Waals surface area (Å²) in [5, 5.41) is 2.49. The SMILES string of the molecule is O=C(NCCc1c(F)cc(F)cc1F)c1ccccn1. The van der Waals surface area contributed by atoms with E-state index >= 15 is 0 Å². The third-order valence-corrected chi connectivity index (χ3v) is 2.66. The van der Waals surface area contributed by atoms with Gasteiger partial charge in [0.05, 0.1) is 0 Å². The van der Waals surface area contributed by atoms with Crippen LogP contribution in [0.3, 0.4) is 0 Å². The predicted octanol–water partition coefficient (Wildman–Crippen LogP) is 2.47. The van der Waals surface area contributed by atoms with Crippen molar-refractivity contribution in [1.29, 1.82) is 0 Å². The fraction of sp³-hybridized carbons (Fsp3) is 0.143. The van der Waals surface area contributed by atoms with Gasteiger partial charge in [-0.05, 0) is 18.6 Å². The Morgan fingerprint density at radius 2 is 1.85 bits per heavy atom. The molecule has 0 saturated carbocycles. The van der Waals surface area contributed by atoms with Crippen LogP contribution in [0.5, 0.6) is 0 Å². The highest BCUT2D eigenvalue weighted by atomic mass is 19.1. The van der Waals surface area contributed by atoms with E-state index < -0.39 is 23.4 Å². The molecule has 1 aromatic carbocycles. The molecule has 1 N–H and O–H groups in total. The number of pyridine rings is 1. The fourth-order valence-electron chi connectivity index (χ4n) is 1.70. The molecule has 0 aliphatic rings. The molecule has 0 aliphatic heterocycles. The van der Waals surface area contributed by atoms with Gasteiger partial charge in [-0.2, -0.15) is 0 Å². The first kappa shape index (κ1) is 14.0. The van der Waals surface area contributed by atoms with E-state index in [1.165, 1.54) is 12.3 Å². The molecule has 1 aromatic heterocycles. The summed E-state index contributed by atoms with van der Waals surface area (Å²) in [7, 11) is 0. The Balaban J connectivity index is 1.95. The van der Waals surface area contributed by atoms with Crippen molar-refractivity contribution < 1.29 is 18.0 Å². The largest absolute Gasteiger partial charge is 0.350 e. The van der Waals surface area contributed by atoms with Crippen molar-refractivity contribution in [3.05, 3.63) is 65.2 Å². The smallest absolute Gasteiger partial charge is 0.269 e. The van der Waals surface area contributed by atoms with E-state index in [0.29, 0.717) is 12.1 Å². The normalized spacial score (nSPS) is 10.3. The van der Waals surface area contributed by atoms with Gasteiger partial charge in [-0.1, -0.05) is 6.07 Å². The van der Waals surface area contributed by atoms with Crippen LogP contribution in [0.15, 0.2) is 36.5 Å². The van der Waals surface area contributed by atoms with E-state index in [-0.39, 0.29) is 24.2 Å². The maximum atomic E-state index is 13.4. The number of carbonyl (C=O) groups is 1. The summed E-state index contributed by atoms with van der Waals surface area (Å²) < 4.78 is 39.4. The molecule has 20 heavy (non-hydrogen) atoms. The van der Waals surface area contributed by atoms with Crippen molar-refractivity contribution in [3.63, 3.8) is 0 Å². The average Bonchev–Trinajstić information content (AvgIpc) is 2.42. The van der Waals surface area contributed by atoms with E-state index in [4.69, 9.17) is 0 Å². The van der Waals surface area contributed by atoms with Gasteiger partial charge in [0.2, 0.25) is 0 Å². The van der Waals surface area contributed by atoms with Crippen LogP contribution in [0.1, 0.15) is 16.1 Å². The van der Waals surface area contributed by atoms with Gasteiger partial charge in [-0.3, -0.25) is 9.78 Å². The third kappa shape index (κ3) is 3.34. The number of amides is 1. The Hall–Kier alpha value is -2.37. The molecule has 2 rings (SSSR count). The quantitative estimate of drug-likeness (QED) is 0.934. The zero-order chi connectivity index (χ0) is 14.5. The molecule has 1 amide bonds. The first-order chi connectivity index (χ1) is 9.58. The standard InChI is InChI=1S/C14H11F3N2O/c15-9-7-11(16)10(12(17)8-9)4-6-19-14(20)13-3-1-2-5-18-13/h1-3,5,7-8H,4,6H2,(H,19,20). The summed E-state index contributed by atoms with van der Waals surface area (Å²) >= 11 is 0. The molecular formula is C14H11F3N2O. The van der Waals surface area contributed by atoms with E-state index in [9.17, 15) is 18.0 Å². The number of nitrogens with one attached hydrogen (secondary N) is 1. The van der Waals surface area contributed by atoms with Gasteiger partial charge in [-0.25, -0.2) is 13.2 Å². The van der Waals surface area contributed by atoms with Crippen LogP contribution in [0, 0.1) is 17.5 Å². The van der Waals surface area contributed by atoms with Crippen LogP contribution >= 0.6 is 0 Å². The summed E-state index contributed by atoms with van der Waals surface area (Å²) in [5.74, 6) is -3.33. The number of hydrogen-bond donors (Lipinski definition) is 1. The van der Waals surface area contributed by atoms with Gasteiger partial charge >= 0.3 is 0 Å². The first-order valence-corrected chi connectivity index (χ1v) is 5.90. The van der Waals surface area contributed by atoms with Crippen molar-refractivity contribution >= 4 is 5.91 Å². The van der Waals surface area contributed by atoms with Crippen molar-refractivity contribution in [2.75, 3.05) is 6.54 Å². The highest BCUT2D eigenvalue weighted by Crippen LogP contribution is 2.14. The van der Waals surface area contributed by atoms with E-state index in [1.807, 2.05) is 0 Å². The highest BCUT2D eigenvalue weighted by Gasteiger charge is 2.12. The number of rotatable bonds is 4. The molecule has 0 bridgehead atoms. The Morgan fingerprint density at radius 3 is 2.45 bits per heavy atom. The zero-order valence-corrected chi connectivity index (χ0v) is 10.4. The summed E-state index contributed by atoms with van der Waals surface area (Å²) in [4.78, 5) is 15.5. The zero-order valence-electron chi connectivity index (χ0n) is 10.4. The first-order valence-electron chi connectivity index (χ1n) is 5.90. The molecule has 0 aliphatic carbocycles. The minimum atomic E-state index is -0.971. The van der Waals surface area contributed by atoms with Crippen molar-refractivity contribution in [3.8, 4) is 0 Å². The number of nitrogens with zero attached hydrogens (tertiary/aromatic N) is 1. The van der Waals surface area contributed by atoms with Crippen LogP contribution in [-0.2, 0) is 6.42 Å². The summed E-state index contributed by atoms with van der Waals surface area (Å²) in [6, 6.07) is 6.06. The fourth-order valence-corrected chi connectivity index (χ4v) is 1.70. The molecule has 1 heterocycles. The van der Waals surface area contributed by atoms with Crippen molar-refractivity contribution in [2.45, 2.75) is 6.42 Å². The Morgan fingerprint density at radius 1 is 1.15 bits per heavy atom. The lowest BCUT2D eigenvalue weighted by molar-refractivity contribution is 0.0949. The maximum absolute atomic E-state index is 13.4. The lowest BCUT2D eigenvalue weighted by Crippen LogP contribution is -2.26. The molecule has 3 nitrogen and oxygen atoms in total. The Bertz CT molecular complexity index is 594. The van der Waals surface area contributed by atoms with Crippen LogP contribution in [0.2, 0.25) is 0 Å². The number of carbonyl (C=O) groups excluding carboxylic acids is 1. The van der Waals surface area contributed by atoms with Gasteiger partial charge < -0.3 is 5.32 Å². The number of halogens is 3. The molecule has 104 valence electrons. The lowest BCUT2D eigenvalue weighted by atomic mass is 10.1. The Kier molecular flexibility index (Phi) is 4.34. The molecule has 0 fully saturated rings. The molecule has 0 atom stereocenters. The van der Waals surface area contributed by atoms with E-state index in [0.717, 1.165) is 0 Å². The van der Waals surface area contributed by atoms with Gasteiger partial charge in [0.25, 0.3) is 5.91 Å². The van der Waals surface area contributed by atoms with Crippen molar-refractivity contribution in [1.82, 2.24) is 10.3 Å². The summed E-state index contributed by atoms with van der Waals surface area (Å²) in [6.45, 7) is 0.0227. The minimum absolute atomic E-state index is 0.0227. The number of aromatic nitrogens is 1. The van der Waals surface area contributed by atoms with Gasteiger partial charge in [0.1, 0.15) is 23.1 Å². The maximum Gasteiger partial charge on any atom is 0.269 e. The topological polar surface area (TPSA) is 42.0 Å².